The Morgan fingerprint density at radius 3 is 2.41 bits per heavy atom. The molecule has 2 heterocycles. The summed E-state index contributed by atoms with van der Waals surface area (Å²) in [5, 5.41) is 14.8. The number of aromatic nitrogens is 2. The highest BCUT2D eigenvalue weighted by Gasteiger charge is 2.25. The van der Waals surface area contributed by atoms with Gasteiger partial charge in [-0.15, -0.1) is 10.2 Å². The maximum atomic E-state index is 12.7. The number of nitrogens with zero attached hydrogens (tertiary/aromatic N) is 3. The second kappa shape index (κ2) is 10.4. The molecule has 1 amide bonds. The number of hydrogen-bond donors (Lipinski definition) is 2. The van der Waals surface area contributed by atoms with Crippen molar-refractivity contribution in [2.45, 2.75) is 28.5 Å². The Balaban J connectivity index is 1.28. The summed E-state index contributed by atoms with van der Waals surface area (Å²) in [7, 11) is -3.48. The van der Waals surface area contributed by atoms with Crippen LogP contribution in [0.4, 0.5) is 16.5 Å². The van der Waals surface area contributed by atoms with Crippen molar-refractivity contribution in [3.05, 3.63) is 54.6 Å². The minimum atomic E-state index is -3.48. The van der Waals surface area contributed by atoms with Crippen molar-refractivity contribution >= 4 is 55.5 Å². The summed E-state index contributed by atoms with van der Waals surface area (Å²) in [6.45, 7) is 1.12. The van der Waals surface area contributed by atoms with E-state index in [1.807, 2.05) is 30.3 Å². The standard InChI is InChI=1S/C21H23N5O3S3/c27-19(15-30-21-25-24-20(31-21)23-16-7-3-1-4-8-16)22-17-9-11-18(12-10-17)32(28,29)26-13-5-2-6-14-26/h1,3-4,7-12H,2,5-6,13-15H2,(H,22,27)(H,23,24). The number of carbonyl (C=O) groups excluding carboxylic acids is 1. The second-order valence-electron chi connectivity index (χ2n) is 7.19. The summed E-state index contributed by atoms with van der Waals surface area (Å²) in [6.07, 6.45) is 2.85. The maximum absolute atomic E-state index is 12.7. The number of anilines is 3. The highest BCUT2D eigenvalue weighted by molar-refractivity contribution is 8.01. The topological polar surface area (TPSA) is 104 Å². The molecule has 1 saturated heterocycles. The molecule has 0 spiro atoms. The molecule has 2 aromatic carbocycles. The lowest BCUT2D eigenvalue weighted by Crippen LogP contribution is -2.35. The monoisotopic (exact) mass is 489 g/mol. The first kappa shape index (κ1) is 22.7. The number of benzene rings is 2. The summed E-state index contributed by atoms with van der Waals surface area (Å²) >= 11 is 2.67. The molecule has 0 atom stereocenters. The van der Waals surface area contributed by atoms with Gasteiger partial charge in [-0.1, -0.05) is 47.7 Å². The molecule has 32 heavy (non-hydrogen) atoms. The van der Waals surface area contributed by atoms with E-state index >= 15 is 0 Å². The summed E-state index contributed by atoms with van der Waals surface area (Å²) in [4.78, 5) is 12.5. The van der Waals surface area contributed by atoms with Crippen LogP contribution in [0.1, 0.15) is 19.3 Å². The number of piperidine rings is 1. The molecule has 0 unspecified atom stereocenters. The first-order chi connectivity index (χ1) is 15.5. The van der Waals surface area contributed by atoms with E-state index in [1.54, 1.807) is 24.3 Å². The molecule has 1 fully saturated rings. The third-order valence-electron chi connectivity index (χ3n) is 4.85. The number of hydrogen-bond acceptors (Lipinski definition) is 8. The van der Waals surface area contributed by atoms with Gasteiger partial charge >= 0.3 is 0 Å². The molecule has 0 saturated carbocycles. The highest BCUT2D eigenvalue weighted by Crippen LogP contribution is 2.28. The van der Waals surface area contributed by atoms with Crippen LogP contribution < -0.4 is 10.6 Å². The number of sulfonamides is 1. The molecule has 11 heteroatoms. The maximum Gasteiger partial charge on any atom is 0.243 e. The quantitative estimate of drug-likeness (QED) is 0.457. The second-order valence-corrected chi connectivity index (χ2v) is 11.3. The third kappa shape index (κ3) is 5.85. The van der Waals surface area contributed by atoms with Gasteiger partial charge in [0.2, 0.25) is 21.1 Å². The van der Waals surface area contributed by atoms with Gasteiger partial charge in [0.25, 0.3) is 0 Å². The molecule has 0 bridgehead atoms. The largest absolute Gasteiger partial charge is 0.330 e. The van der Waals surface area contributed by atoms with Crippen LogP contribution in [0.25, 0.3) is 0 Å². The molecule has 8 nitrogen and oxygen atoms in total. The minimum Gasteiger partial charge on any atom is -0.330 e. The number of rotatable bonds is 8. The molecule has 1 aliphatic heterocycles. The molecule has 1 aromatic heterocycles. The van der Waals surface area contributed by atoms with E-state index in [1.165, 1.54) is 27.4 Å². The van der Waals surface area contributed by atoms with E-state index < -0.39 is 10.0 Å². The minimum absolute atomic E-state index is 0.174. The number of thioether (sulfide) groups is 1. The predicted molar refractivity (Wildman–Crippen MR) is 128 cm³/mol. The van der Waals surface area contributed by atoms with Crippen LogP contribution in [-0.4, -0.2) is 47.7 Å². The van der Waals surface area contributed by atoms with Gasteiger partial charge in [-0.2, -0.15) is 4.31 Å². The van der Waals surface area contributed by atoms with E-state index in [-0.39, 0.29) is 16.6 Å². The zero-order valence-electron chi connectivity index (χ0n) is 17.2. The molecule has 2 N–H and O–H groups in total. The van der Waals surface area contributed by atoms with Crippen molar-refractivity contribution in [1.82, 2.24) is 14.5 Å². The average Bonchev–Trinajstić information content (AvgIpc) is 3.26. The molecule has 4 rings (SSSR count). The van der Waals surface area contributed by atoms with Crippen LogP contribution >= 0.6 is 23.1 Å². The van der Waals surface area contributed by atoms with Crippen LogP contribution in [0.15, 0.2) is 63.8 Å². The molecular weight excluding hydrogens is 466 g/mol. The van der Waals surface area contributed by atoms with E-state index in [0.717, 1.165) is 24.9 Å². The van der Waals surface area contributed by atoms with Gasteiger partial charge in [0.1, 0.15) is 0 Å². The first-order valence-electron chi connectivity index (χ1n) is 10.2. The van der Waals surface area contributed by atoms with Gasteiger partial charge in [-0.05, 0) is 49.2 Å². The number of para-hydroxylation sites is 1. The SMILES string of the molecule is O=C(CSc1nnc(Nc2ccccc2)s1)Nc1ccc(S(=O)(=O)N2CCCCC2)cc1. The zero-order chi connectivity index (χ0) is 22.4. The van der Waals surface area contributed by atoms with Crippen molar-refractivity contribution < 1.29 is 13.2 Å². The van der Waals surface area contributed by atoms with E-state index in [4.69, 9.17) is 0 Å². The third-order valence-corrected chi connectivity index (χ3v) is 8.73. The molecule has 0 radical (unpaired) electrons. The lowest BCUT2D eigenvalue weighted by Gasteiger charge is -2.25. The van der Waals surface area contributed by atoms with Crippen LogP contribution in [0.3, 0.4) is 0 Å². The Morgan fingerprint density at radius 2 is 1.69 bits per heavy atom. The zero-order valence-corrected chi connectivity index (χ0v) is 19.7. The van der Waals surface area contributed by atoms with Crippen LogP contribution in [-0.2, 0) is 14.8 Å². The molecule has 168 valence electrons. The van der Waals surface area contributed by atoms with E-state index in [9.17, 15) is 13.2 Å². The normalized spacial score (nSPS) is 14.8. The fourth-order valence-corrected chi connectivity index (χ4v) is 6.34. The van der Waals surface area contributed by atoms with Gasteiger partial charge in [0.05, 0.1) is 10.6 Å². The average molecular weight is 490 g/mol. The number of amides is 1. The molecular formula is C21H23N5O3S3. The van der Waals surface area contributed by atoms with Crippen molar-refractivity contribution in [2.24, 2.45) is 0 Å². The van der Waals surface area contributed by atoms with Crippen molar-refractivity contribution in [3.8, 4) is 0 Å². The van der Waals surface area contributed by atoms with Gasteiger partial charge in [-0.3, -0.25) is 4.79 Å². The Bertz CT molecular complexity index is 1140. The Hall–Kier alpha value is -2.47. The smallest absolute Gasteiger partial charge is 0.243 e. The molecule has 0 aliphatic carbocycles. The highest BCUT2D eigenvalue weighted by atomic mass is 32.2. The van der Waals surface area contributed by atoms with Gasteiger partial charge in [0.15, 0.2) is 4.34 Å². The fourth-order valence-electron chi connectivity index (χ4n) is 3.25. The van der Waals surface area contributed by atoms with Crippen LogP contribution in [0.2, 0.25) is 0 Å². The van der Waals surface area contributed by atoms with Crippen molar-refractivity contribution in [2.75, 3.05) is 29.5 Å². The van der Waals surface area contributed by atoms with Crippen molar-refractivity contribution in [1.29, 1.82) is 0 Å². The number of carbonyl (C=O) groups is 1. The first-order valence-corrected chi connectivity index (χ1v) is 13.4. The fraction of sp³-hybridized carbons (Fsp3) is 0.286. The van der Waals surface area contributed by atoms with Crippen LogP contribution in [0.5, 0.6) is 0 Å². The molecule has 1 aliphatic rings. The van der Waals surface area contributed by atoms with Gasteiger partial charge < -0.3 is 10.6 Å². The molecule has 3 aromatic rings. The lowest BCUT2D eigenvalue weighted by atomic mass is 10.2. The summed E-state index contributed by atoms with van der Waals surface area (Å²) in [6, 6.07) is 16.0. The van der Waals surface area contributed by atoms with Crippen LogP contribution in [0, 0.1) is 0 Å². The number of nitrogens with one attached hydrogen (secondary N) is 2. The summed E-state index contributed by atoms with van der Waals surface area (Å²) in [5.41, 5.74) is 1.47. The van der Waals surface area contributed by atoms with E-state index in [2.05, 4.69) is 20.8 Å². The van der Waals surface area contributed by atoms with Crippen molar-refractivity contribution in [3.63, 3.8) is 0 Å². The van der Waals surface area contributed by atoms with Gasteiger partial charge in [0, 0.05) is 24.5 Å². The summed E-state index contributed by atoms with van der Waals surface area (Å²) in [5.74, 6) is -0.0252. The Labute approximate surface area is 195 Å². The Morgan fingerprint density at radius 1 is 0.969 bits per heavy atom. The predicted octanol–water partition coefficient (Wildman–Crippen LogP) is 4.19. The van der Waals surface area contributed by atoms with Gasteiger partial charge in [-0.25, -0.2) is 8.42 Å². The van der Waals surface area contributed by atoms with E-state index in [0.29, 0.717) is 28.2 Å². The Kier molecular flexibility index (Phi) is 7.40. The lowest BCUT2D eigenvalue weighted by molar-refractivity contribution is -0.113. The summed E-state index contributed by atoms with van der Waals surface area (Å²) < 4.78 is 27.6.